The summed E-state index contributed by atoms with van der Waals surface area (Å²) in [5, 5.41) is 0. The number of unbranched alkanes of at least 4 members (excludes halogenated alkanes) is 4. The van der Waals surface area contributed by atoms with Crippen LogP contribution >= 0.6 is 0 Å². The molecule has 1 rings (SSSR count). The molecule has 100 valence electrons. The maximum atomic E-state index is 11.9. The molecule has 0 unspecified atom stereocenters. The van der Waals surface area contributed by atoms with E-state index >= 15 is 0 Å². The number of likely N-dealkylation sites (N-methyl/N-ethyl adjacent to an activating group) is 1. The van der Waals surface area contributed by atoms with E-state index < -0.39 is 0 Å². The van der Waals surface area contributed by atoms with E-state index in [1.807, 2.05) is 4.90 Å². The molecule has 1 aliphatic heterocycles. The predicted molar refractivity (Wildman–Crippen MR) is 72.1 cm³/mol. The third-order valence-corrected chi connectivity index (χ3v) is 3.67. The van der Waals surface area contributed by atoms with Crippen LogP contribution < -0.4 is 0 Å². The Balaban J connectivity index is 2.08. The van der Waals surface area contributed by atoms with Crippen LogP contribution in [0.4, 0.5) is 0 Å². The molecule has 0 spiro atoms. The predicted octanol–water partition coefficient (Wildman–Crippen LogP) is 2.51. The summed E-state index contributed by atoms with van der Waals surface area (Å²) in [5.74, 6) is 0.372. The van der Waals surface area contributed by atoms with Crippen LogP contribution in [-0.2, 0) is 4.79 Å². The van der Waals surface area contributed by atoms with Gasteiger partial charge in [-0.2, -0.15) is 0 Å². The summed E-state index contributed by atoms with van der Waals surface area (Å²) in [6, 6.07) is 0. The molecule has 1 aliphatic rings. The average Bonchev–Trinajstić information content (AvgIpc) is 2.38. The Bertz CT molecular complexity index is 210. The van der Waals surface area contributed by atoms with Gasteiger partial charge in [0.05, 0.1) is 0 Å². The van der Waals surface area contributed by atoms with Gasteiger partial charge in [-0.15, -0.1) is 0 Å². The Labute approximate surface area is 106 Å². The van der Waals surface area contributed by atoms with Gasteiger partial charge in [0.15, 0.2) is 0 Å². The first-order chi connectivity index (χ1) is 8.27. The summed E-state index contributed by atoms with van der Waals surface area (Å²) in [7, 11) is 0. The molecule has 1 fully saturated rings. The fourth-order valence-corrected chi connectivity index (χ4v) is 2.35. The maximum Gasteiger partial charge on any atom is 0.222 e. The summed E-state index contributed by atoms with van der Waals surface area (Å²) < 4.78 is 0. The number of hydrogen-bond donors (Lipinski definition) is 0. The zero-order chi connectivity index (χ0) is 12.5. The second-order valence-corrected chi connectivity index (χ2v) is 4.98. The van der Waals surface area contributed by atoms with Gasteiger partial charge in [0.2, 0.25) is 5.91 Å². The monoisotopic (exact) mass is 240 g/mol. The second kappa shape index (κ2) is 8.51. The highest BCUT2D eigenvalue weighted by atomic mass is 16.2. The number of carbonyl (C=O) groups excluding carboxylic acids is 1. The highest BCUT2D eigenvalue weighted by molar-refractivity contribution is 5.76. The van der Waals surface area contributed by atoms with Crippen molar-refractivity contribution in [3.05, 3.63) is 0 Å². The van der Waals surface area contributed by atoms with Crippen molar-refractivity contribution < 1.29 is 4.79 Å². The lowest BCUT2D eigenvalue weighted by atomic mass is 10.1. The van der Waals surface area contributed by atoms with Crippen molar-refractivity contribution in [2.75, 3.05) is 32.7 Å². The summed E-state index contributed by atoms with van der Waals surface area (Å²) >= 11 is 0. The summed E-state index contributed by atoms with van der Waals surface area (Å²) in [5.41, 5.74) is 0. The van der Waals surface area contributed by atoms with Gasteiger partial charge in [0.25, 0.3) is 0 Å². The average molecular weight is 240 g/mol. The van der Waals surface area contributed by atoms with Crippen LogP contribution in [0.1, 0.15) is 52.4 Å². The minimum Gasteiger partial charge on any atom is -0.340 e. The number of nitrogens with zero attached hydrogens (tertiary/aromatic N) is 2. The molecule has 3 heteroatoms. The number of rotatable bonds is 7. The fourth-order valence-electron chi connectivity index (χ4n) is 2.35. The molecule has 0 radical (unpaired) electrons. The van der Waals surface area contributed by atoms with Crippen LogP contribution in [0.25, 0.3) is 0 Å². The summed E-state index contributed by atoms with van der Waals surface area (Å²) in [6.07, 6.45) is 6.92. The van der Waals surface area contributed by atoms with Gasteiger partial charge in [-0.05, 0) is 13.0 Å². The molecule has 0 aromatic rings. The molecule has 17 heavy (non-hydrogen) atoms. The quantitative estimate of drug-likeness (QED) is 0.638. The Kier molecular flexibility index (Phi) is 7.25. The molecule has 0 N–H and O–H groups in total. The molecular weight excluding hydrogens is 212 g/mol. The molecule has 0 aliphatic carbocycles. The van der Waals surface area contributed by atoms with E-state index in [9.17, 15) is 4.79 Å². The summed E-state index contributed by atoms with van der Waals surface area (Å²) in [6.45, 7) is 9.49. The van der Waals surface area contributed by atoms with E-state index in [1.165, 1.54) is 25.7 Å². The lowest BCUT2D eigenvalue weighted by Gasteiger charge is -2.34. The molecule has 0 atom stereocenters. The van der Waals surface area contributed by atoms with Crippen LogP contribution in [0, 0.1) is 0 Å². The molecule has 0 aromatic heterocycles. The van der Waals surface area contributed by atoms with E-state index in [4.69, 9.17) is 0 Å². The number of amides is 1. The van der Waals surface area contributed by atoms with E-state index in [-0.39, 0.29) is 0 Å². The number of piperazine rings is 1. The van der Waals surface area contributed by atoms with Gasteiger partial charge in [0.1, 0.15) is 0 Å². The van der Waals surface area contributed by atoms with Crippen LogP contribution in [0.15, 0.2) is 0 Å². The minimum absolute atomic E-state index is 0.372. The topological polar surface area (TPSA) is 23.6 Å². The van der Waals surface area contributed by atoms with Gasteiger partial charge in [-0.1, -0.05) is 39.5 Å². The van der Waals surface area contributed by atoms with E-state index in [2.05, 4.69) is 18.7 Å². The Morgan fingerprint density at radius 3 is 2.18 bits per heavy atom. The van der Waals surface area contributed by atoms with Crippen molar-refractivity contribution >= 4 is 5.91 Å². The molecule has 3 nitrogen and oxygen atoms in total. The van der Waals surface area contributed by atoms with Gasteiger partial charge in [0, 0.05) is 32.6 Å². The normalized spacial score (nSPS) is 17.4. The van der Waals surface area contributed by atoms with E-state index in [1.54, 1.807) is 0 Å². The Morgan fingerprint density at radius 1 is 0.941 bits per heavy atom. The van der Waals surface area contributed by atoms with Crippen molar-refractivity contribution in [2.45, 2.75) is 52.4 Å². The zero-order valence-electron chi connectivity index (χ0n) is 11.6. The minimum atomic E-state index is 0.372. The lowest BCUT2D eigenvalue weighted by Crippen LogP contribution is -2.48. The maximum absolute atomic E-state index is 11.9. The van der Waals surface area contributed by atoms with Gasteiger partial charge in [-0.25, -0.2) is 0 Å². The SMILES string of the molecule is CCCCCCCC(=O)N1CCN(CC)CC1. The van der Waals surface area contributed by atoms with Crippen LogP contribution in [0.3, 0.4) is 0 Å². The van der Waals surface area contributed by atoms with Gasteiger partial charge in [-0.3, -0.25) is 4.79 Å². The fraction of sp³-hybridized carbons (Fsp3) is 0.929. The van der Waals surface area contributed by atoms with Crippen LogP contribution in [0.2, 0.25) is 0 Å². The van der Waals surface area contributed by atoms with Crippen molar-refractivity contribution in [3.63, 3.8) is 0 Å². The van der Waals surface area contributed by atoms with Crippen LogP contribution in [-0.4, -0.2) is 48.4 Å². The first kappa shape index (κ1) is 14.5. The summed E-state index contributed by atoms with van der Waals surface area (Å²) in [4.78, 5) is 16.4. The highest BCUT2D eigenvalue weighted by Crippen LogP contribution is 2.09. The molecular formula is C14H28N2O. The van der Waals surface area contributed by atoms with Gasteiger partial charge < -0.3 is 9.80 Å². The molecule has 0 saturated carbocycles. The first-order valence-electron chi connectivity index (χ1n) is 7.28. The standard InChI is InChI=1S/C14H28N2O/c1-3-5-6-7-8-9-14(17)16-12-10-15(4-2)11-13-16/h3-13H2,1-2H3. The molecule has 0 bridgehead atoms. The third kappa shape index (κ3) is 5.53. The smallest absolute Gasteiger partial charge is 0.222 e. The molecule has 0 aromatic carbocycles. The van der Waals surface area contributed by atoms with Crippen molar-refractivity contribution in [3.8, 4) is 0 Å². The van der Waals surface area contributed by atoms with Crippen molar-refractivity contribution in [2.24, 2.45) is 0 Å². The van der Waals surface area contributed by atoms with E-state index in [0.717, 1.165) is 45.6 Å². The molecule has 1 heterocycles. The molecule has 1 saturated heterocycles. The second-order valence-electron chi connectivity index (χ2n) is 4.98. The zero-order valence-corrected chi connectivity index (χ0v) is 11.6. The number of carbonyl (C=O) groups is 1. The number of hydrogen-bond acceptors (Lipinski definition) is 2. The lowest BCUT2D eigenvalue weighted by molar-refractivity contribution is -0.133. The third-order valence-electron chi connectivity index (χ3n) is 3.67. The van der Waals surface area contributed by atoms with E-state index in [0.29, 0.717) is 5.91 Å². The largest absolute Gasteiger partial charge is 0.340 e. The highest BCUT2D eigenvalue weighted by Gasteiger charge is 2.19. The van der Waals surface area contributed by atoms with Crippen LogP contribution in [0.5, 0.6) is 0 Å². The van der Waals surface area contributed by atoms with Crippen molar-refractivity contribution in [1.29, 1.82) is 0 Å². The van der Waals surface area contributed by atoms with Gasteiger partial charge >= 0.3 is 0 Å². The Morgan fingerprint density at radius 2 is 1.59 bits per heavy atom. The Hall–Kier alpha value is -0.570. The molecule has 1 amide bonds. The van der Waals surface area contributed by atoms with Crippen molar-refractivity contribution in [1.82, 2.24) is 9.80 Å². The first-order valence-corrected chi connectivity index (χ1v) is 7.28.